The number of hydrogen-bond acceptors (Lipinski definition) is 3. The van der Waals surface area contributed by atoms with E-state index in [1.807, 2.05) is 36.7 Å². The number of hydrogen-bond donors (Lipinski definition) is 1. The SMILES string of the molecule is Cc1c2ccncc2cc2c3cc(OCC(N)=O)ccc3n(C)c12. The summed E-state index contributed by atoms with van der Waals surface area (Å²) in [5.74, 6) is 0.152. The van der Waals surface area contributed by atoms with Crippen LogP contribution in [0.25, 0.3) is 32.6 Å². The molecule has 0 saturated heterocycles. The molecule has 0 aliphatic rings. The van der Waals surface area contributed by atoms with E-state index in [0.29, 0.717) is 5.75 Å². The van der Waals surface area contributed by atoms with Crippen LogP contribution in [0, 0.1) is 6.92 Å². The number of carbonyl (C=O) groups excluding carboxylic acids is 1. The molecular formula is C19H17N3O2. The lowest BCUT2D eigenvalue weighted by molar-refractivity contribution is -0.119. The number of rotatable bonds is 3. The van der Waals surface area contributed by atoms with Crippen molar-refractivity contribution in [3.05, 3.63) is 48.3 Å². The molecule has 0 bridgehead atoms. The lowest BCUT2D eigenvalue weighted by Gasteiger charge is -2.06. The third-order valence-corrected chi connectivity index (χ3v) is 4.50. The van der Waals surface area contributed by atoms with Crippen molar-refractivity contribution < 1.29 is 9.53 Å². The van der Waals surface area contributed by atoms with Gasteiger partial charge in [-0.25, -0.2) is 0 Å². The molecular weight excluding hydrogens is 302 g/mol. The summed E-state index contributed by atoms with van der Waals surface area (Å²) in [6.45, 7) is 2.01. The van der Waals surface area contributed by atoms with Gasteiger partial charge in [-0.3, -0.25) is 9.78 Å². The third-order valence-electron chi connectivity index (χ3n) is 4.50. The monoisotopic (exact) mass is 319 g/mol. The second-order valence-electron chi connectivity index (χ2n) is 5.99. The molecule has 0 unspecified atom stereocenters. The van der Waals surface area contributed by atoms with Crippen LogP contribution in [-0.2, 0) is 11.8 Å². The highest BCUT2D eigenvalue weighted by molar-refractivity contribution is 6.14. The largest absolute Gasteiger partial charge is 0.484 e. The van der Waals surface area contributed by atoms with Crippen LogP contribution in [0.5, 0.6) is 5.75 Å². The van der Waals surface area contributed by atoms with Gasteiger partial charge in [-0.1, -0.05) is 0 Å². The standard InChI is InChI=1S/C19H17N3O2/c1-11-14-5-6-21-9-12(14)7-16-15-8-13(24-10-18(20)23)3-4-17(15)22(2)19(11)16/h3-9H,10H2,1-2H3,(H2,20,23). The summed E-state index contributed by atoms with van der Waals surface area (Å²) in [4.78, 5) is 15.2. The van der Waals surface area contributed by atoms with Crippen molar-refractivity contribution >= 4 is 38.5 Å². The Morgan fingerprint density at radius 3 is 2.83 bits per heavy atom. The summed E-state index contributed by atoms with van der Waals surface area (Å²) in [6.07, 6.45) is 3.70. The Labute approximate surface area is 138 Å². The Kier molecular flexibility index (Phi) is 3.16. The Balaban J connectivity index is 2.03. The number of aryl methyl sites for hydroxylation is 2. The van der Waals surface area contributed by atoms with Crippen molar-refractivity contribution in [2.45, 2.75) is 6.92 Å². The molecule has 2 aromatic carbocycles. The van der Waals surface area contributed by atoms with E-state index in [2.05, 4.69) is 29.6 Å². The zero-order chi connectivity index (χ0) is 16.8. The quantitative estimate of drug-likeness (QED) is 0.631. The lowest BCUT2D eigenvalue weighted by Crippen LogP contribution is -2.19. The molecule has 120 valence electrons. The average molecular weight is 319 g/mol. The molecule has 0 spiro atoms. The molecule has 0 aliphatic heterocycles. The van der Waals surface area contributed by atoms with Crippen LogP contribution in [0.1, 0.15) is 5.56 Å². The summed E-state index contributed by atoms with van der Waals surface area (Å²) in [6, 6.07) is 10.0. The lowest BCUT2D eigenvalue weighted by atomic mass is 10.0. The smallest absolute Gasteiger partial charge is 0.255 e. The predicted octanol–water partition coefficient (Wildman–Crippen LogP) is 3.05. The first-order valence-corrected chi connectivity index (χ1v) is 7.73. The first kappa shape index (κ1) is 14.5. The van der Waals surface area contributed by atoms with Gasteiger partial charge in [-0.2, -0.15) is 0 Å². The van der Waals surface area contributed by atoms with Gasteiger partial charge in [-0.15, -0.1) is 0 Å². The fourth-order valence-electron chi connectivity index (χ4n) is 3.44. The van der Waals surface area contributed by atoms with E-state index in [0.717, 1.165) is 21.7 Å². The van der Waals surface area contributed by atoms with Crippen molar-refractivity contribution in [2.75, 3.05) is 6.61 Å². The van der Waals surface area contributed by atoms with Crippen LogP contribution < -0.4 is 10.5 Å². The van der Waals surface area contributed by atoms with E-state index in [1.165, 1.54) is 16.5 Å². The number of benzene rings is 2. The topological polar surface area (TPSA) is 70.1 Å². The predicted molar refractivity (Wildman–Crippen MR) is 95.2 cm³/mol. The molecule has 4 rings (SSSR count). The Bertz CT molecular complexity index is 1110. The van der Waals surface area contributed by atoms with E-state index in [9.17, 15) is 4.79 Å². The number of pyridine rings is 1. The van der Waals surface area contributed by atoms with Gasteiger partial charge in [-0.05, 0) is 48.2 Å². The molecule has 5 heteroatoms. The molecule has 2 aromatic heterocycles. The fourth-order valence-corrected chi connectivity index (χ4v) is 3.44. The molecule has 0 atom stereocenters. The summed E-state index contributed by atoms with van der Waals surface area (Å²) in [5, 5.41) is 4.55. The highest BCUT2D eigenvalue weighted by Gasteiger charge is 2.14. The van der Waals surface area contributed by atoms with Crippen LogP contribution in [0.3, 0.4) is 0 Å². The zero-order valence-electron chi connectivity index (χ0n) is 13.5. The molecule has 1 amide bonds. The number of aromatic nitrogens is 2. The normalized spacial score (nSPS) is 11.4. The molecule has 5 nitrogen and oxygen atoms in total. The van der Waals surface area contributed by atoms with Crippen molar-refractivity contribution in [1.82, 2.24) is 9.55 Å². The first-order chi connectivity index (χ1) is 11.6. The maximum absolute atomic E-state index is 10.9. The van der Waals surface area contributed by atoms with Gasteiger partial charge < -0.3 is 15.0 Å². The molecule has 4 aromatic rings. The summed E-state index contributed by atoms with van der Waals surface area (Å²) < 4.78 is 7.65. The van der Waals surface area contributed by atoms with E-state index in [4.69, 9.17) is 10.5 Å². The minimum atomic E-state index is -0.485. The molecule has 0 aliphatic carbocycles. The zero-order valence-corrected chi connectivity index (χ0v) is 13.5. The van der Waals surface area contributed by atoms with Crippen molar-refractivity contribution in [2.24, 2.45) is 12.8 Å². The molecule has 0 saturated carbocycles. The molecule has 0 fully saturated rings. The number of ether oxygens (including phenoxy) is 1. The van der Waals surface area contributed by atoms with Crippen LogP contribution in [0.4, 0.5) is 0 Å². The number of primary amides is 1. The van der Waals surface area contributed by atoms with E-state index in [1.54, 1.807) is 0 Å². The van der Waals surface area contributed by atoms with Crippen LogP contribution in [0.15, 0.2) is 42.7 Å². The van der Waals surface area contributed by atoms with E-state index < -0.39 is 5.91 Å². The number of nitrogens with two attached hydrogens (primary N) is 1. The molecule has 0 radical (unpaired) electrons. The number of nitrogens with zero attached hydrogens (tertiary/aromatic N) is 2. The molecule has 2 N–H and O–H groups in total. The maximum Gasteiger partial charge on any atom is 0.255 e. The summed E-state index contributed by atoms with van der Waals surface area (Å²) >= 11 is 0. The highest BCUT2D eigenvalue weighted by atomic mass is 16.5. The minimum Gasteiger partial charge on any atom is -0.484 e. The van der Waals surface area contributed by atoms with Gasteiger partial charge in [0.25, 0.3) is 5.91 Å². The second-order valence-corrected chi connectivity index (χ2v) is 5.99. The molecule has 24 heavy (non-hydrogen) atoms. The maximum atomic E-state index is 10.9. The number of carbonyl (C=O) groups is 1. The Hall–Kier alpha value is -3.08. The van der Waals surface area contributed by atoms with Gasteiger partial charge in [0.2, 0.25) is 0 Å². The molecule has 2 heterocycles. The summed E-state index contributed by atoms with van der Waals surface area (Å²) in [7, 11) is 2.06. The van der Waals surface area contributed by atoms with Crippen LogP contribution >= 0.6 is 0 Å². The summed E-state index contributed by atoms with van der Waals surface area (Å²) in [5.41, 5.74) is 8.68. The van der Waals surface area contributed by atoms with Gasteiger partial charge in [0.15, 0.2) is 6.61 Å². The van der Waals surface area contributed by atoms with Gasteiger partial charge in [0.1, 0.15) is 5.75 Å². The van der Waals surface area contributed by atoms with E-state index >= 15 is 0 Å². The van der Waals surface area contributed by atoms with Gasteiger partial charge >= 0.3 is 0 Å². The Morgan fingerprint density at radius 2 is 2.04 bits per heavy atom. The third kappa shape index (κ3) is 2.09. The average Bonchev–Trinajstić information content (AvgIpc) is 2.86. The van der Waals surface area contributed by atoms with Gasteiger partial charge in [0, 0.05) is 41.1 Å². The van der Waals surface area contributed by atoms with Crippen LogP contribution in [-0.4, -0.2) is 22.1 Å². The number of fused-ring (bicyclic) bond motifs is 4. The van der Waals surface area contributed by atoms with Crippen molar-refractivity contribution in [3.8, 4) is 5.75 Å². The van der Waals surface area contributed by atoms with Gasteiger partial charge in [0.05, 0.1) is 5.52 Å². The van der Waals surface area contributed by atoms with Crippen LogP contribution in [0.2, 0.25) is 0 Å². The Morgan fingerprint density at radius 1 is 1.21 bits per heavy atom. The number of amides is 1. The minimum absolute atomic E-state index is 0.123. The van der Waals surface area contributed by atoms with Crippen molar-refractivity contribution in [3.63, 3.8) is 0 Å². The van der Waals surface area contributed by atoms with Crippen molar-refractivity contribution in [1.29, 1.82) is 0 Å². The first-order valence-electron chi connectivity index (χ1n) is 7.73. The fraction of sp³-hybridized carbons (Fsp3) is 0.158. The van der Waals surface area contributed by atoms with E-state index in [-0.39, 0.29) is 6.61 Å². The second kappa shape index (κ2) is 5.23. The highest BCUT2D eigenvalue weighted by Crippen LogP contribution is 2.36.